The van der Waals surface area contributed by atoms with E-state index in [9.17, 15) is 32.4 Å². The third-order valence-corrected chi connectivity index (χ3v) is 12.6. The molecule has 2 aliphatic carbocycles. The third-order valence-electron chi connectivity index (χ3n) is 9.96. The molecule has 5 N–H and O–H groups in total. The molecule has 0 radical (unpaired) electrons. The molecule has 0 aromatic carbocycles. The minimum Gasteiger partial charge on any atom is -0.363 e. The molecule has 1 unspecified atom stereocenters. The fraction of sp³-hybridized carbons (Fsp3) is 0.844. The van der Waals surface area contributed by atoms with Crippen molar-refractivity contribution < 1.29 is 32.4 Å². The first-order chi connectivity index (χ1) is 20.2. The van der Waals surface area contributed by atoms with E-state index in [2.05, 4.69) is 16.0 Å². The molecule has 12 nitrogen and oxygen atoms in total. The number of hydrogen-bond acceptors (Lipinski definition) is 7. The van der Waals surface area contributed by atoms with Gasteiger partial charge in [-0.05, 0) is 61.2 Å². The molecule has 0 spiro atoms. The molecule has 3 fully saturated rings. The first kappa shape index (κ1) is 36.8. The molecule has 3 rings (SSSR count). The Kier molecular flexibility index (Phi) is 9.93. The van der Waals surface area contributed by atoms with Crippen molar-refractivity contribution in [3.8, 4) is 0 Å². The molecule has 0 bridgehead atoms. The van der Waals surface area contributed by atoms with Crippen LogP contribution >= 0.6 is 0 Å². The summed E-state index contributed by atoms with van der Waals surface area (Å²) in [6, 6.07) is -4.44. The highest BCUT2D eigenvalue weighted by Crippen LogP contribution is 2.65. The van der Waals surface area contributed by atoms with Gasteiger partial charge in [-0.25, -0.2) is 13.2 Å². The third kappa shape index (κ3) is 8.18. The van der Waals surface area contributed by atoms with Gasteiger partial charge in [-0.2, -0.15) is 0 Å². The summed E-state index contributed by atoms with van der Waals surface area (Å²) in [5.74, 6) is -3.09. The minimum absolute atomic E-state index is 0.0493. The number of fused-ring (bicyclic) bond motifs is 1. The molecule has 6 atom stereocenters. The van der Waals surface area contributed by atoms with Crippen molar-refractivity contribution in [2.45, 2.75) is 124 Å². The Hall–Kier alpha value is -2.70. The van der Waals surface area contributed by atoms with Crippen LogP contribution in [0.5, 0.6) is 0 Å². The van der Waals surface area contributed by atoms with Crippen LogP contribution < -0.4 is 21.7 Å². The maximum absolute atomic E-state index is 14.2. The topological polar surface area (TPSA) is 185 Å². The van der Waals surface area contributed by atoms with E-state index in [1.165, 1.54) is 4.90 Å². The normalized spacial score (nSPS) is 25.0. The molecule has 1 heterocycles. The summed E-state index contributed by atoms with van der Waals surface area (Å²) in [7, 11) is -3.58. The highest BCUT2D eigenvalue weighted by Gasteiger charge is 2.70. The number of amides is 5. The average Bonchev–Trinajstić information content (AvgIpc) is 3.71. The van der Waals surface area contributed by atoms with E-state index in [0.29, 0.717) is 13.0 Å². The fourth-order valence-corrected chi connectivity index (χ4v) is 7.81. The Morgan fingerprint density at radius 2 is 1.44 bits per heavy atom. The molecule has 0 aromatic heterocycles. The van der Waals surface area contributed by atoms with Gasteiger partial charge in [0, 0.05) is 12.6 Å². The van der Waals surface area contributed by atoms with E-state index in [-0.39, 0.29) is 28.9 Å². The highest BCUT2D eigenvalue weighted by molar-refractivity contribution is 7.92. The van der Waals surface area contributed by atoms with Gasteiger partial charge in [-0.1, -0.05) is 68.2 Å². The number of carbonyl (C=O) groups is 5. The number of piperidine rings is 1. The maximum atomic E-state index is 14.2. The molecular weight excluding hydrogens is 598 g/mol. The largest absolute Gasteiger partial charge is 0.363 e. The van der Waals surface area contributed by atoms with Gasteiger partial charge in [0.1, 0.15) is 12.1 Å². The molecule has 1 saturated heterocycles. The van der Waals surface area contributed by atoms with E-state index in [1.807, 2.05) is 34.6 Å². The summed E-state index contributed by atoms with van der Waals surface area (Å²) in [5.41, 5.74) is 3.69. The zero-order valence-corrected chi connectivity index (χ0v) is 29.7. The maximum Gasteiger partial charge on any atom is 0.315 e. The summed E-state index contributed by atoms with van der Waals surface area (Å²) < 4.78 is 25.1. The first-order valence-electron chi connectivity index (χ1n) is 15.9. The summed E-state index contributed by atoms with van der Waals surface area (Å²) in [4.78, 5) is 67.3. The van der Waals surface area contributed by atoms with Crippen LogP contribution in [0.4, 0.5) is 4.79 Å². The van der Waals surface area contributed by atoms with Crippen molar-refractivity contribution >= 4 is 39.4 Å². The molecule has 3 aliphatic rings. The van der Waals surface area contributed by atoms with Crippen LogP contribution in [0.2, 0.25) is 0 Å². The summed E-state index contributed by atoms with van der Waals surface area (Å²) >= 11 is 0. The van der Waals surface area contributed by atoms with Crippen LogP contribution in [0, 0.1) is 34.0 Å². The lowest BCUT2D eigenvalue weighted by Crippen LogP contribution is -2.62. The van der Waals surface area contributed by atoms with E-state index in [4.69, 9.17) is 5.73 Å². The van der Waals surface area contributed by atoms with Crippen molar-refractivity contribution in [3.63, 3.8) is 0 Å². The molecule has 2 saturated carbocycles. The van der Waals surface area contributed by atoms with Gasteiger partial charge in [0.2, 0.25) is 17.6 Å². The number of sulfone groups is 1. The summed E-state index contributed by atoms with van der Waals surface area (Å²) in [6.45, 7) is 20.1. The number of urea groups is 1. The second-order valence-electron chi connectivity index (χ2n) is 17.1. The molecule has 13 heteroatoms. The number of carbonyl (C=O) groups excluding carboxylic acids is 5. The van der Waals surface area contributed by atoms with Crippen molar-refractivity contribution in [2.24, 2.45) is 39.7 Å². The van der Waals surface area contributed by atoms with Gasteiger partial charge < -0.3 is 26.6 Å². The lowest BCUT2D eigenvalue weighted by Gasteiger charge is -2.39. The van der Waals surface area contributed by atoms with E-state index in [0.717, 1.165) is 12.8 Å². The number of rotatable bonds is 11. The van der Waals surface area contributed by atoms with Gasteiger partial charge in [0.25, 0.3) is 5.91 Å². The Morgan fingerprint density at radius 3 is 1.89 bits per heavy atom. The number of hydrogen-bond donors (Lipinski definition) is 4. The predicted octanol–water partition coefficient (Wildman–Crippen LogP) is 2.15. The van der Waals surface area contributed by atoms with Crippen molar-refractivity contribution in [1.82, 2.24) is 20.9 Å². The summed E-state index contributed by atoms with van der Waals surface area (Å²) in [6.07, 6.45) is 2.13. The van der Waals surface area contributed by atoms with Crippen LogP contribution in [-0.4, -0.2) is 84.1 Å². The van der Waals surface area contributed by atoms with Gasteiger partial charge in [-0.15, -0.1) is 0 Å². The van der Waals surface area contributed by atoms with Crippen LogP contribution in [-0.2, 0) is 29.0 Å². The van der Waals surface area contributed by atoms with Gasteiger partial charge in [-0.3, -0.25) is 19.2 Å². The lowest BCUT2D eigenvalue weighted by molar-refractivity contribution is -0.145. The van der Waals surface area contributed by atoms with Crippen LogP contribution in [0.3, 0.4) is 0 Å². The zero-order chi connectivity index (χ0) is 34.7. The Labute approximate surface area is 268 Å². The Bertz CT molecular complexity index is 1320. The summed E-state index contributed by atoms with van der Waals surface area (Å²) in [5, 5.41) is 8.35. The fourth-order valence-electron chi connectivity index (χ4n) is 6.28. The predicted molar refractivity (Wildman–Crippen MR) is 171 cm³/mol. The average molecular weight is 654 g/mol. The molecule has 256 valence electrons. The van der Waals surface area contributed by atoms with E-state index >= 15 is 0 Å². The van der Waals surface area contributed by atoms with E-state index in [1.54, 1.807) is 41.5 Å². The first-order valence-corrected chi connectivity index (χ1v) is 17.6. The number of primary amides is 1. The number of Topliss-reactive ketones (excluding diaryl/α,β-unsaturated/α-hetero) is 1. The van der Waals surface area contributed by atoms with Crippen molar-refractivity contribution in [2.75, 3.05) is 12.3 Å². The lowest BCUT2D eigenvalue weighted by atomic mass is 9.85. The molecule has 5 amide bonds. The Morgan fingerprint density at radius 1 is 0.889 bits per heavy atom. The molecule has 0 aromatic rings. The number of nitrogens with zero attached hydrogens (tertiary/aromatic N) is 1. The van der Waals surface area contributed by atoms with Gasteiger partial charge in [0.05, 0.1) is 16.5 Å². The minimum atomic E-state index is -3.58. The van der Waals surface area contributed by atoms with E-state index < -0.39 is 79.1 Å². The molecule has 1 aliphatic heterocycles. The second kappa shape index (κ2) is 12.2. The Balaban J connectivity index is 1.84. The smallest absolute Gasteiger partial charge is 0.315 e. The quantitative estimate of drug-likeness (QED) is 0.246. The SMILES string of the molecule is CC(C)(C)[C@H](NC(=O)N[C@H](CS(=O)(=O)C(C)(C)C)C(C)(C)C)C(=O)N1C[C@H]2[C@@H]([C@H]1C(=O)NC(CC1CC1)C(=O)C(N)=O)C2(C)C. The molecule has 45 heavy (non-hydrogen) atoms. The number of likely N-dealkylation sites (tertiary alicyclic amines) is 1. The second-order valence-corrected chi connectivity index (χ2v) is 19.9. The van der Waals surface area contributed by atoms with Crippen LogP contribution in [0.25, 0.3) is 0 Å². The molecular formula is C32H55N5O7S. The number of nitrogens with two attached hydrogens (primary N) is 1. The monoisotopic (exact) mass is 653 g/mol. The standard InChI is InChI=1S/C32H55N5O7S/c1-29(2,3)20(16-45(43,44)31(7,8)9)35-28(42)36-24(30(4,5)6)27(41)37-15-18-21(32(18,10)11)22(37)26(40)34-19(14-17-12-13-17)23(38)25(33)39/h17-22,24H,12-16H2,1-11H3,(H2,33,39)(H,34,40)(H2,35,36,42)/t18-,19?,20+,21-,22-,24+/m0/s1. The van der Waals surface area contributed by atoms with Gasteiger partial charge in [0.15, 0.2) is 9.84 Å². The number of nitrogens with one attached hydrogen (secondary N) is 3. The zero-order valence-electron chi connectivity index (χ0n) is 28.9. The van der Waals surface area contributed by atoms with Crippen molar-refractivity contribution in [3.05, 3.63) is 0 Å². The van der Waals surface area contributed by atoms with Crippen LogP contribution in [0.15, 0.2) is 0 Å². The number of ketones is 1. The van der Waals surface area contributed by atoms with Crippen molar-refractivity contribution in [1.29, 1.82) is 0 Å². The highest BCUT2D eigenvalue weighted by atomic mass is 32.2. The van der Waals surface area contributed by atoms with Crippen LogP contribution in [0.1, 0.15) is 95.4 Å². The van der Waals surface area contributed by atoms with Gasteiger partial charge >= 0.3 is 6.03 Å².